The van der Waals surface area contributed by atoms with Crippen LogP contribution < -0.4 is 13.1 Å². The molecule has 0 fully saturated rings. The molecule has 220 valence electrons. The Kier molecular flexibility index (Phi) is 8.86. The molecule has 21 heteroatoms. The van der Waals surface area contributed by atoms with Crippen LogP contribution in [0, 0.1) is 0 Å². The van der Waals surface area contributed by atoms with Gasteiger partial charge in [-0.25, -0.2) is 8.42 Å². The first-order chi connectivity index (χ1) is 17.4. The number of nitrogens with one attached hydrogen (secondary N) is 1. The van der Waals surface area contributed by atoms with Gasteiger partial charge < -0.3 is 8.37 Å². The summed E-state index contributed by atoms with van der Waals surface area (Å²) in [4.78, 5) is 0. The van der Waals surface area contributed by atoms with Gasteiger partial charge in [0.15, 0.2) is 0 Å². The van der Waals surface area contributed by atoms with Crippen LogP contribution in [-0.2, 0) is 30.3 Å². The molecular formula is C18H14F9NO8S3. The fourth-order valence-electron chi connectivity index (χ4n) is 2.93. The lowest BCUT2D eigenvalue weighted by Gasteiger charge is -2.28. The maximum Gasteiger partial charge on any atom is 0.534 e. The van der Waals surface area contributed by atoms with Crippen molar-refractivity contribution in [1.29, 1.82) is 0 Å². The Morgan fingerprint density at radius 3 is 1.36 bits per heavy atom. The van der Waals surface area contributed by atoms with Crippen molar-refractivity contribution in [3.63, 3.8) is 0 Å². The molecule has 0 saturated carbocycles. The van der Waals surface area contributed by atoms with Gasteiger partial charge in [0, 0.05) is 17.0 Å². The second-order valence-corrected chi connectivity index (χ2v) is 12.2. The Morgan fingerprint density at radius 1 is 0.615 bits per heavy atom. The van der Waals surface area contributed by atoms with Gasteiger partial charge in [0.05, 0.1) is 6.04 Å². The molecule has 9 nitrogen and oxygen atoms in total. The zero-order chi connectivity index (χ0) is 30.2. The predicted octanol–water partition coefficient (Wildman–Crippen LogP) is 4.43. The zero-order valence-electron chi connectivity index (χ0n) is 18.7. The van der Waals surface area contributed by atoms with E-state index in [0.29, 0.717) is 18.2 Å². The highest BCUT2D eigenvalue weighted by molar-refractivity contribution is 7.90. The molecule has 0 aliphatic carbocycles. The van der Waals surface area contributed by atoms with Crippen LogP contribution in [0.15, 0.2) is 48.5 Å². The van der Waals surface area contributed by atoms with Gasteiger partial charge in [0.2, 0.25) is 0 Å². The minimum atomic E-state index is -6.45. The van der Waals surface area contributed by atoms with E-state index in [-0.39, 0.29) is 0 Å². The number of hydrogen-bond acceptors (Lipinski definition) is 8. The van der Waals surface area contributed by atoms with Gasteiger partial charge in [0.25, 0.3) is 0 Å². The van der Waals surface area contributed by atoms with E-state index in [1.54, 1.807) is 0 Å². The van der Waals surface area contributed by atoms with Gasteiger partial charge in [-0.2, -0.15) is 61.1 Å². The lowest BCUT2D eigenvalue weighted by Crippen LogP contribution is -2.40. The number of hydrogen-bond donors (Lipinski definition) is 1. The number of rotatable bonds is 9. The number of para-hydroxylation sites is 2. The smallest absolute Gasteiger partial charge is 0.376 e. The molecular weight excluding hydrogens is 625 g/mol. The SMILES string of the molecule is C[C@H](c1ccccc1OS(=O)(=O)C(F)(F)F)[C@H](NS(=O)(=O)C(F)(F)F)c1ccccc1OS(=O)(=O)C(F)(F)F. The van der Waals surface area contributed by atoms with Crippen LogP contribution in [0.5, 0.6) is 11.5 Å². The Hall–Kier alpha value is -2.78. The average Bonchev–Trinajstić information content (AvgIpc) is 2.75. The lowest BCUT2D eigenvalue weighted by molar-refractivity contribution is -0.0505. The molecule has 2 aromatic rings. The summed E-state index contributed by atoms with van der Waals surface area (Å²) in [6.45, 7) is 0.834. The second kappa shape index (κ2) is 10.7. The number of benzene rings is 2. The van der Waals surface area contributed by atoms with Crippen LogP contribution in [0.25, 0.3) is 0 Å². The first-order valence-corrected chi connectivity index (χ1v) is 14.0. The van der Waals surface area contributed by atoms with Crippen molar-refractivity contribution < 1.29 is 73.1 Å². The highest BCUT2D eigenvalue weighted by atomic mass is 32.2. The lowest BCUT2D eigenvalue weighted by atomic mass is 9.88. The third-order valence-electron chi connectivity index (χ3n) is 4.72. The standard InChI is InChI=1S/C18H14F9NO8S3/c1-10(11-6-2-4-8-13(11)35-38(31,32)17(22,23)24)15(28-37(29,30)16(19,20)21)12-7-3-5-9-14(12)36-39(33,34)18(25,26)27/h2-10,15,28H,1H3/t10-,15+/m1/s1. The van der Waals surface area contributed by atoms with Crippen molar-refractivity contribution in [3.05, 3.63) is 59.7 Å². The molecule has 0 aliphatic heterocycles. The molecule has 0 aromatic heterocycles. The molecule has 0 spiro atoms. The minimum Gasteiger partial charge on any atom is -0.376 e. The monoisotopic (exact) mass is 639 g/mol. The number of sulfonamides is 1. The van der Waals surface area contributed by atoms with E-state index in [2.05, 4.69) is 8.37 Å². The van der Waals surface area contributed by atoms with E-state index in [0.717, 1.165) is 42.0 Å². The summed E-state index contributed by atoms with van der Waals surface area (Å²) in [7, 11) is -19.2. The van der Waals surface area contributed by atoms with Crippen molar-refractivity contribution in [2.75, 3.05) is 0 Å². The highest BCUT2D eigenvalue weighted by Crippen LogP contribution is 2.42. The van der Waals surface area contributed by atoms with E-state index < -0.39 is 81.4 Å². The summed E-state index contributed by atoms with van der Waals surface area (Å²) in [6.07, 6.45) is 0. The summed E-state index contributed by atoms with van der Waals surface area (Å²) < 4.78 is 196. The molecule has 0 unspecified atom stereocenters. The maximum absolute atomic E-state index is 13.2. The Bertz CT molecular complexity index is 1520. The van der Waals surface area contributed by atoms with Gasteiger partial charge in [0.1, 0.15) is 11.5 Å². The molecule has 0 radical (unpaired) electrons. The van der Waals surface area contributed by atoms with Crippen LogP contribution in [-0.4, -0.2) is 41.8 Å². The zero-order valence-corrected chi connectivity index (χ0v) is 21.1. The average molecular weight is 639 g/mol. The molecule has 0 amide bonds. The van der Waals surface area contributed by atoms with Crippen molar-refractivity contribution in [3.8, 4) is 11.5 Å². The number of alkyl halides is 9. The molecule has 2 rings (SSSR count). The normalized spacial score (nSPS) is 15.4. The molecule has 2 atom stereocenters. The summed E-state index contributed by atoms with van der Waals surface area (Å²) in [5, 5.41) is 0. The van der Waals surface area contributed by atoms with Crippen LogP contribution >= 0.6 is 0 Å². The Morgan fingerprint density at radius 2 is 0.974 bits per heavy atom. The number of halogens is 9. The molecule has 0 bridgehead atoms. The topological polar surface area (TPSA) is 133 Å². The molecule has 0 saturated heterocycles. The third kappa shape index (κ3) is 7.25. The van der Waals surface area contributed by atoms with Crippen LogP contribution in [0.1, 0.15) is 30.0 Å². The quantitative estimate of drug-likeness (QED) is 0.242. The molecule has 0 heterocycles. The summed E-state index contributed by atoms with van der Waals surface area (Å²) in [6, 6.07) is 3.99. The van der Waals surface area contributed by atoms with Crippen LogP contribution in [0.4, 0.5) is 39.5 Å². The largest absolute Gasteiger partial charge is 0.534 e. The first kappa shape index (κ1) is 32.4. The Balaban J connectivity index is 2.77. The summed E-state index contributed by atoms with van der Waals surface area (Å²) in [5.74, 6) is -4.32. The molecule has 39 heavy (non-hydrogen) atoms. The second-order valence-electron chi connectivity index (χ2n) is 7.38. The fourth-order valence-corrected chi connectivity index (χ4v) is 4.69. The maximum atomic E-state index is 13.2. The summed E-state index contributed by atoms with van der Waals surface area (Å²) in [5.41, 5.74) is -19.7. The van der Waals surface area contributed by atoms with Gasteiger partial charge in [-0.15, -0.1) is 0 Å². The van der Waals surface area contributed by atoms with Crippen molar-refractivity contribution >= 4 is 30.3 Å². The third-order valence-corrected chi connectivity index (χ3v) is 7.82. The van der Waals surface area contributed by atoms with E-state index in [4.69, 9.17) is 0 Å². The Labute approximate surface area is 214 Å². The van der Waals surface area contributed by atoms with E-state index in [1.807, 2.05) is 0 Å². The van der Waals surface area contributed by atoms with Crippen LogP contribution in [0.2, 0.25) is 0 Å². The van der Waals surface area contributed by atoms with E-state index in [1.165, 1.54) is 0 Å². The fraction of sp³-hybridized carbons (Fsp3) is 0.333. The van der Waals surface area contributed by atoms with E-state index >= 15 is 0 Å². The van der Waals surface area contributed by atoms with Crippen molar-refractivity contribution in [2.45, 2.75) is 35.4 Å². The van der Waals surface area contributed by atoms with Gasteiger partial charge >= 0.3 is 46.8 Å². The first-order valence-electron chi connectivity index (χ1n) is 9.69. The van der Waals surface area contributed by atoms with Gasteiger partial charge in [-0.05, 0) is 12.1 Å². The van der Waals surface area contributed by atoms with Gasteiger partial charge in [-0.1, -0.05) is 43.3 Å². The van der Waals surface area contributed by atoms with Crippen molar-refractivity contribution in [2.24, 2.45) is 0 Å². The minimum absolute atomic E-state index is 0.525. The summed E-state index contributed by atoms with van der Waals surface area (Å²) >= 11 is 0. The highest BCUT2D eigenvalue weighted by Gasteiger charge is 2.51. The van der Waals surface area contributed by atoms with Crippen LogP contribution in [0.3, 0.4) is 0 Å². The molecule has 0 aliphatic rings. The molecule has 1 N–H and O–H groups in total. The predicted molar refractivity (Wildman–Crippen MR) is 113 cm³/mol. The molecule has 2 aromatic carbocycles. The van der Waals surface area contributed by atoms with E-state index in [9.17, 15) is 64.8 Å². The van der Waals surface area contributed by atoms with Gasteiger partial charge in [-0.3, -0.25) is 0 Å². The van der Waals surface area contributed by atoms with Crippen molar-refractivity contribution in [1.82, 2.24) is 4.72 Å².